The van der Waals surface area contributed by atoms with Gasteiger partial charge in [0, 0.05) is 17.8 Å². The number of nitrogens with one attached hydrogen (secondary N) is 2. The van der Waals surface area contributed by atoms with Crippen LogP contribution in [0.4, 0.5) is 11.4 Å². The van der Waals surface area contributed by atoms with Gasteiger partial charge in [0.2, 0.25) is 5.91 Å². The minimum atomic E-state index is -0.252. The lowest BCUT2D eigenvalue weighted by atomic mass is 10.1. The first kappa shape index (κ1) is 19.2. The lowest BCUT2D eigenvalue weighted by Crippen LogP contribution is -2.20. The van der Waals surface area contributed by atoms with Crippen LogP contribution in [0.3, 0.4) is 0 Å². The molecule has 0 aliphatic carbocycles. The number of hydrogen-bond acceptors (Lipinski definition) is 3. The highest BCUT2D eigenvalue weighted by atomic mass is 16.5. The molecular formula is C23H22N2O3. The average molecular weight is 374 g/mol. The highest BCUT2D eigenvalue weighted by Gasteiger charge is 2.05. The van der Waals surface area contributed by atoms with Crippen molar-refractivity contribution in [2.24, 2.45) is 0 Å². The molecule has 3 aromatic rings. The normalized spacial score (nSPS) is 10.2. The van der Waals surface area contributed by atoms with Crippen molar-refractivity contribution < 1.29 is 14.3 Å². The van der Waals surface area contributed by atoms with Gasteiger partial charge in [-0.25, -0.2) is 0 Å². The molecule has 2 N–H and O–H groups in total. The maximum absolute atomic E-state index is 12.1. The number of carbonyl (C=O) groups is 2. The van der Waals surface area contributed by atoms with Gasteiger partial charge >= 0.3 is 0 Å². The molecule has 0 spiro atoms. The fourth-order valence-electron chi connectivity index (χ4n) is 2.61. The van der Waals surface area contributed by atoms with E-state index >= 15 is 0 Å². The smallest absolute Gasteiger partial charge is 0.262 e. The number of ether oxygens (including phenoxy) is 1. The summed E-state index contributed by atoms with van der Waals surface area (Å²) >= 11 is 0. The minimum absolute atomic E-state index is 0.0523. The van der Waals surface area contributed by atoms with Gasteiger partial charge in [0.1, 0.15) is 5.75 Å². The van der Waals surface area contributed by atoms with Crippen molar-refractivity contribution >= 4 is 23.2 Å². The molecule has 0 aliphatic rings. The Bertz CT molecular complexity index is 920. The van der Waals surface area contributed by atoms with Gasteiger partial charge in [-0.2, -0.15) is 0 Å². The number of amides is 2. The van der Waals surface area contributed by atoms with Crippen molar-refractivity contribution in [3.8, 4) is 16.9 Å². The Labute approximate surface area is 164 Å². The average Bonchev–Trinajstić information content (AvgIpc) is 2.74. The van der Waals surface area contributed by atoms with E-state index < -0.39 is 0 Å². The van der Waals surface area contributed by atoms with Gasteiger partial charge in [0.25, 0.3) is 5.91 Å². The Morgan fingerprint density at radius 3 is 1.82 bits per heavy atom. The molecule has 0 aliphatic heterocycles. The zero-order valence-corrected chi connectivity index (χ0v) is 15.6. The van der Waals surface area contributed by atoms with Crippen molar-refractivity contribution in [3.05, 3.63) is 78.9 Å². The lowest BCUT2D eigenvalue weighted by Gasteiger charge is -2.09. The van der Waals surface area contributed by atoms with Gasteiger partial charge < -0.3 is 15.4 Å². The molecule has 0 fully saturated rings. The first-order valence-electron chi connectivity index (χ1n) is 9.12. The van der Waals surface area contributed by atoms with Crippen LogP contribution in [-0.2, 0) is 9.59 Å². The summed E-state index contributed by atoms with van der Waals surface area (Å²) in [4.78, 5) is 23.4. The maximum Gasteiger partial charge on any atom is 0.262 e. The summed E-state index contributed by atoms with van der Waals surface area (Å²) in [5, 5.41) is 5.53. The molecule has 3 aromatic carbocycles. The number of benzene rings is 3. The van der Waals surface area contributed by atoms with Crippen LogP contribution in [-0.4, -0.2) is 18.4 Å². The standard InChI is InChI=1S/C23H22N2O3/c1-2-22(26)24-19-10-12-20(13-11-19)25-23(27)16-28-21-14-8-18(9-15-21)17-6-4-3-5-7-17/h3-15H,2,16H2,1H3,(H,24,26)(H,25,27). The SMILES string of the molecule is CCC(=O)Nc1ccc(NC(=O)COc2ccc(-c3ccccc3)cc2)cc1. The second kappa shape index (κ2) is 9.37. The third-order valence-corrected chi connectivity index (χ3v) is 4.10. The van der Waals surface area contributed by atoms with E-state index in [0.29, 0.717) is 23.5 Å². The zero-order chi connectivity index (χ0) is 19.8. The van der Waals surface area contributed by atoms with Crippen LogP contribution >= 0.6 is 0 Å². The van der Waals surface area contributed by atoms with E-state index in [2.05, 4.69) is 10.6 Å². The summed E-state index contributed by atoms with van der Waals surface area (Å²) in [5.41, 5.74) is 3.56. The van der Waals surface area contributed by atoms with Crippen LogP contribution < -0.4 is 15.4 Å². The molecule has 0 saturated carbocycles. The zero-order valence-electron chi connectivity index (χ0n) is 15.6. The van der Waals surface area contributed by atoms with Gasteiger partial charge in [0.05, 0.1) is 0 Å². The Balaban J connectivity index is 1.49. The molecule has 0 unspecified atom stereocenters. The van der Waals surface area contributed by atoms with Gasteiger partial charge in [-0.1, -0.05) is 49.4 Å². The van der Waals surface area contributed by atoms with Crippen LogP contribution in [0, 0.1) is 0 Å². The number of rotatable bonds is 7. The highest BCUT2D eigenvalue weighted by molar-refractivity contribution is 5.93. The summed E-state index contributed by atoms with van der Waals surface area (Å²) in [5.74, 6) is 0.327. The first-order chi connectivity index (χ1) is 13.6. The summed E-state index contributed by atoms with van der Waals surface area (Å²) < 4.78 is 5.55. The molecule has 142 valence electrons. The van der Waals surface area contributed by atoms with E-state index in [0.717, 1.165) is 11.1 Å². The molecule has 0 saturated heterocycles. The number of carbonyl (C=O) groups excluding carboxylic acids is 2. The van der Waals surface area contributed by atoms with Gasteiger partial charge in [-0.05, 0) is 47.5 Å². The van der Waals surface area contributed by atoms with E-state index in [-0.39, 0.29) is 18.4 Å². The largest absolute Gasteiger partial charge is 0.484 e. The summed E-state index contributed by atoms with van der Waals surface area (Å²) in [6.07, 6.45) is 0.419. The molecule has 0 radical (unpaired) electrons. The molecule has 5 nitrogen and oxygen atoms in total. The number of anilines is 2. The van der Waals surface area contributed by atoms with E-state index in [4.69, 9.17) is 4.74 Å². The van der Waals surface area contributed by atoms with E-state index in [1.165, 1.54) is 0 Å². The topological polar surface area (TPSA) is 67.4 Å². The molecule has 28 heavy (non-hydrogen) atoms. The first-order valence-corrected chi connectivity index (χ1v) is 9.12. The molecule has 5 heteroatoms. The van der Waals surface area contributed by atoms with Gasteiger partial charge in [-0.15, -0.1) is 0 Å². The fourth-order valence-corrected chi connectivity index (χ4v) is 2.61. The van der Waals surface area contributed by atoms with E-state index in [1.54, 1.807) is 31.2 Å². The number of hydrogen-bond donors (Lipinski definition) is 2. The fraction of sp³-hybridized carbons (Fsp3) is 0.130. The maximum atomic E-state index is 12.1. The van der Waals surface area contributed by atoms with Crippen molar-refractivity contribution in [2.75, 3.05) is 17.2 Å². The van der Waals surface area contributed by atoms with Crippen molar-refractivity contribution in [1.29, 1.82) is 0 Å². The third kappa shape index (κ3) is 5.45. The second-order valence-electron chi connectivity index (χ2n) is 6.21. The predicted molar refractivity (Wildman–Crippen MR) is 111 cm³/mol. The molecule has 0 aromatic heterocycles. The Morgan fingerprint density at radius 1 is 0.714 bits per heavy atom. The molecule has 0 heterocycles. The van der Waals surface area contributed by atoms with Gasteiger partial charge in [0.15, 0.2) is 6.61 Å². The van der Waals surface area contributed by atoms with Crippen molar-refractivity contribution in [1.82, 2.24) is 0 Å². The Kier molecular flexibility index (Phi) is 6.41. The van der Waals surface area contributed by atoms with Crippen LogP contribution in [0.15, 0.2) is 78.9 Å². The molecule has 3 rings (SSSR count). The quantitative estimate of drug-likeness (QED) is 0.629. The second-order valence-corrected chi connectivity index (χ2v) is 6.21. The summed E-state index contributed by atoms with van der Waals surface area (Å²) in [7, 11) is 0. The van der Waals surface area contributed by atoms with Crippen LogP contribution in [0.1, 0.15) is 13.3 Å². The molecule has 0 bridgehead atoms. The minimum Gasteiger partial charge on any atom is -0.484 e. The van der Waals surface area contributed by atoms with E-state index in [9.17, 15) is 9.59 Å². The summed E-state index contributed by atoms with van der Waals surface area (Å²) in [6.45, 7) is 1.71. The van der Waals surface area contributed by atoms with Crippen molar-refractivity contribution in [2.45, 2.75) is 13.3 Å². The molecule has 0 atom stereocenters. The lowest BCUT2D eigenvalue weighted by molar-refractivity contribution is -0.118. The Hall–Kier alpha value is -3.60. The van der Waals surface area contributed by atoms with Gasteiger partial charge in [-0.3, -0.25) is 9.59 Å². The molecule has 2 amide bonds. The van der Waals surface area contributed by atoms with Crippen LogP contribution in [0.25, 0.3) is 11.1 Å². The van der Waals surface area contributed by atoms with Crippen LogP contribution in [0.2, 0.25) is 0 Å². The predicted octanol–water partition coefficient (Wildman–Crippen LogP) is 4.72. The van der Waals surface area contributed by atoms with E-state index in [1.807, 2.05) is 54.6 Å². The summed E-state index contributed by atoms with van der Waals surface area (Å²) in [6, 6.07) is 24.6. The monoisotopic (exact) mass is 374 g/mol. The van der Waals surface area contributed by atoms with Crippen LogP contribution in [0.5, 0.6) is 5.75 Å². The third-order valence-electron chi connectivity index (χ3n) is 4.10. The van der Waals surface area contributed by atoms with Crippen molar-refractivity contribution in [3.63, 3.8) is 0 Å². The Morgan fingerprint density at radius 2 is 1.25 bits per heavy atom. The highest BCUT2D eigenvalue weighted by Crippen LogP contribution is 2.22. The molecular weight excluding hydrogens is 352 g/mol.